The Bertz CT molecular complexity index is 793. The lowest BCUT2D eigenvalue weighted by atomic mass is 10.3. The molecule has 2 rings (SSSR count). The molecule has 0 radical (unpaired) electrons. The molecule has 2 aromatic rings. The van der Waals surface area contributed by atoms with Crippen molar-refractivity contribution in [2.45, 2.75) is 4.90 Å². The van der Waals surface area contributed by atoms with E-state index in [0.717, 1.165) is 22.7 Å². The molecular weight excluding hydrogens is 384 g/mol. The van der Waals surface area contributed by atoms with Crippen molar-refractivity contribution < 1.29 is 13.3 Å². The number of rotatable bonds is 4. The molecular formula is C12H8BrClN2O4S. The third kappa shape index (κ3) is 3.72. The summed E-state index contributed by atoms with van der Waals surface area (Å²) in [6, 6.07) is 9.67. The predicted molar refractivity (Wildman–Crippen MR) is 83.1 cm³/mol. The highest BCUT2D eigenvalue weighted by molar-refractivity contribution is 9.10. The smallest absolute Gasteiger partial charge is 0.271 e. The minimum absolute atomic E-state index is 0.214. The highest BCUT2D eigenvalue weighted by Gasteiger charge is 2.20. The topological polar surface area (TPSA) is 89.3 Å². The molecule has 21 heavy (non-hydrogen) atoms. The Labute approximate surface area is 134 Å². The fourth-order valence-corrected chi connectivity index (χ4v) is 3.41. The molecule has 0 spiro atoms. The van der Waals surface area contributed by atoms with Gasteiger partial charge in [0.25, 0.3) is 15.7 Å². The van der Waals surface area contributed by atoms with E-state index in [1.54, 1.807) is 24.3 Å². The van der Waals surface area contributed by atoms with Gasteiger partial charge in [0.1, 0.15) is 4.90 Å². The number of hydrogen-bond acceptors (Lipinski definition) is 4. The molecule has 0 amide bonds. The average Bonchev–Trinajstić information content (AvgIpc) is 2.40. The summed E-state index contributed by atoms with van der Waals surface area (Å²) in [4.78, 5) is 9.74. The Morgan fingerprint density at radius 3 is 2.29 bits per heavy atom. The second-order valence-corrected chi connectivity index (χ2v) is 6.96. The van der Waals surface area contributed by atoms with Crippen molar-refractivity contribution in [3.8, 4) is 0 Å². The normalized spacial score (nSPS) is 11.1. The molecule has 0 saturated carbocycles. The van der Waals surface area contributed by atoms with E-state index in [-0.39, 0.29) is 15.6 Å². The molecule has 0 bridgehead atoms. The van der Waals surface area contributed by atoms with Crippen LogP contribution in [0.4, 0.5) is 11.4 Å². The van der Waals surface area contributed by atoms with Crippen molar-refractivity contribution in [1.82, 2.24) is 0 Å². The second-order valence-electron chi connectivity index (χ2n) is 3.98. The molecule has 0 aromatic heterocycles. The average molecular weight is 392 g/mol. The number of halogens is 2. The summed E-state index contributed by atoms with van der Waals surface area (Å²) in [5.41, 5.74) is 0.0789. The first-order valence-corrected chi connectivity index (χ1v) is 8.17. The monoisotopic (exact) mass is 390 g/mol. The Morgan fingerprint density at radius 1 is 1.14 bits per heavy atom. The molecule has 9 heteroatoms. The van der Waals surface area contributed by atoms with Gasteiger partial charge in [-0.15, -0.1) is 0 Å². The van der Waals surface area contributed by atoms with Gasteiger partial charge < -0.3 is 0 Å². The number of hydrogen-bond donors (Lipinski definition) is 1. The van der Waals surface area contributed by atoms with E-state index in [0.29, 0.717) is 5.69 Å². The van der Waals surface area contributed by atoms with Crippen molar-refractivity contribution in [2.24, 2.45) is 0 Å². The third-order valence-corrected chi connectivity index (χ3v) is 4.91. The number of nitrogens with one attached hydrogen (secondary N) is 1. The Kier molecular flexibility index (Phi) is 4.50. The highest BCUT2D eigenvalue weighted by atomic mass is 79.9. The van der Waals surface area contributed by atoms with Crippen LogP contribution in [0, 0.1) is 10.1 Å². The van der Waals surface area contributed by atoms with E-state index < -0.39 is 14.9 Å². The zero-order chi connectivity index (χ0) is 15.6. The number of nitro benzene ring substituents is 1. The second kappa shape index (κ2) is 6.00. The first-order valence-electron chi connectivity index (χ1n) is 5.52. The van der Waals surface area contributed by atoms with Crippen molar-refractivity contribution >= 4 is 48.9 Å². The number of anilines is 1. The molecule has 0 aliphatic carbocycles. The number of nitrogens with zero attached hydrogens (tertiary/aromatic N) is 1. The van der Waals surface area contributed by atoms with Crippen molar-refractivity contribution in [3.63, 3.8) is 0 Å². The lowest BCUT2D eigenvalue weighted by Crippen LogP contribution is -2.13. The van der Waals surface area contributed by atoms with Crippen LogP contribution in [0.2, 0.25) is 5.02 Å². The molecule has 1 N–H and O–H groups in total. The summed E-state index contributed by atoms with van der Waals surface area (Å²) < 4.78 is 27.6. The van der Waals surface area contributed by atoms with Gasteiger partial charge >= 0.3 is 0 Å². The molecule has 0 aliphatic heterocycles. The summed E-state index contributed by atoms with van der Waals surface area (Å²) in [7, 11) is -3.92. The molecule has 0 atom stereocenters. The molecule has 6 nitrogen and oxygen atoms in total. The number of benzene rings is 2. The van der Waals surface area contributed by atoms with Crippen LogP contribution in [0.3, 0.4) is 0 Å². The lowest BCUT2D eigenvalue weighted by Gasteiger charge is -2.09. The van der Waals surface area contributed by atoms with E-state index in [1.807, 2.05) is 0 Å². The molecule has 0 unspecified atom stereocenters. The minimum atomic E-state index is -3.92. The summed E-state index contributed by atoms with van der Waals surface area (Å²) in [5.74, 6) is 0. The number of non-ortho nitro benzene ring substituents is 1. The summed E-state index contributed by atoms with van der Waals surface area (Å²) in [6.07, 6.45) is 0. The van der Waals surface area contributed by atoms with E-state index in [1.165, 1.54) is 0 Å². The van der Waals surface area contributed by atoms with Crippen LogP contribution < -0.4 is 4.72 Å². The zero-order valence-corrected chi connectivity index (χ0v) is 13.4. The van der Waals surface area contributed by atoms with Crippen molar-refractivity contribution in [2.75, 3.05) is 4.72 Å². The van der Waals surface area contributed by atoms with Gasteiger partial charge in [-0.2, -0.15) is 0 Å². The Hall–Kier alpha value is -1.64. The minimum Gasteiger partial charge on any atom is -0.280 e. The van der Waals surface area contributed by atoms with Crippen LogP contribution in [-0.2, 0) is 10.0 Å². The first kappa shape index (κ1) is 15.7. The molecule has 2 aromatic carbocycles. The van der Waals surface area contributed by atoms with Crippen LogP contribution in [0.5, 0.6) is 0 Å². The quantitative estimate of drug-likeness (QED) is 0.634. The maximum atomic E-state index is 12.2. The third-order valence-electron chi connectivity index (χ3n) is 2.51. The zero-order valence-electron chi connectivity index (χ0n) is 10.3. The van der Waals surface area contributed by atoms with Gasteiger partial charge in [-0.3, -0.25) is 14.8 Å². The van der Waals surface area contributed by atoms with Gasteiger partial charge in [0, 0.05) is 22.3 Å². The lowest BCUT2D eigenvalue weighted by molar-refractivity contribution is -0.384. The summed E-state index contributed by atoms with van der Waals surface area (Å²) in [6.45, 7) is 0. The first-order chi connectivity index (χ1) is 9.79. The molecule has 0 heterocycles. The van der Waals surface area contributed by atoms with Gasteiger partial charge in [-0.25, -0.2) is 8.42 Å². The van der Waals surface area contributed by atoms with Crippen LogP contribution in [0.1, 0.15) is 0 Å². The van der Waals surface area contributed by atoms with Crippen LogP contribution in [0.15, 0.2) is 51.8 Å². The SMILES string of the molecule is O=[N+]([O-])c1ccc(S(=O)(=O)Nc2ccc(Br)cc2)c(Cl)c1. The van der Waals surface area contributed by atoms with Gasteiger partial charge in [0.15, 0.2) is 0 Å². The van der Waals surface area contributed by atoms with Crippen LogP contribution in [-0.4, -0.2) is 13.3 Å². The molecule has 0 aliphatic rings. The predicted octanol–water partition coefficient (Wildman–Crippen LogP) is 3.81. The van der Waals surface area contributed by atoms with Crippen molar-refractivity contribution in [3.05, 3.63) is 62.1 Å². The standard InChI is InChI=1S/C12H8BrClN2O4S/c13-8-1-3-9(4-2-8)15-21(19,20)12-6-5-10(16(17)18)7-11(12)14/h1-7,15H. The summed E-state index contributed by atoms with van der Waals surface area (Å²) >= 11 is 9.06. The molecule has 0 saturated heterocycles. The maximum Gasteiger partial charge on any atom is 0.271 e. The van der Waals surface area contributed by atoms with Crippen molar-refractivity contribution in [1.29, 1.82) is 0 Å². The number of sulfonamides is 1. The Morgan fingerprint density at radius 2 is 1.76 bits per heavy atom. The van der Waals surface area contributed by atoms with Gasteiger partial charge in [-0.05, 0) is 30.3 Å². The van der Waals surface area contributed by atoms with E-state index >= 15 is 0 Å². The summed E-state index contributed by atoms with van der Waals surface area (Å²) in [5, 5.41) is 10.4. The van der Waals surface area contributed by atoms with Crippen LogP contribution >= 0.6 is 27.5 Å². The Balaban J connectivity index is 2.35. The van der Waals surface area contributed by atoms with Gasteiger partial charge in [-0.1, -0.05) is 27.5 Å². The largest absolute Gasteiger partial charge is 0.280 e. The van der Waals surface area contributed by atoms with E-state index in [2.05, 4.69) is 20.7 Å². The van der Waals surface area contributed by atoms with E-state index in [9.17, 15) is 18.5 Å². The van der Waals surface area contributed by atoms with E-state index in [4.69, 9.17) is 11.6 Å². The molecule has 0 fully saturated rings. The van der Waals surface area contributed by atoms with Gasteiger partial charge in [0.05, 0.1) is 9.95 Å². The highest BCUT2D eigenvalue weighted by Crippen LogP contribution is 2.28. The fourth-order valence-electron chi connectivity index (χ4n) is 1.55. The molecule has 110 valence electrons. The van der Waals surface area contributed by atoms with Gasteiger partial charge in [0.2, 0.25) is 0 Å². The number of nitro groups is 1. The van der Waals surface area contributed by atoms with Crippen LogP contribution in [0.25, 0.3) is 0 Å². The fraction of sp³-hybridized carbons (Fsp3) is 0. The maximum absolute atomic E-state index is 12.2.